The molecule has 2 aromatic rings. The van der Waals surface area contributed by atoms with Crippen LogP contribution in [0.25, 0.3) is 0 Å². The van der Waals surface area contributed by atoms with E-state index < -0.39 is 0 Å². The minimum absolute atomic E-state index is 0.0110. The van der Waals surface area contributed by atoms with Crippen LogP contribution in [-0.2, 0) is 17.9 Å². The quantitative estimate of drug-likeness (QED) is 0.854. The largest absolute Gasteiger partial charge is 0.483 e. The lowest BCUT2D eigenvalue weighted by Crippen LogP contribution is -2.28. The molecule has 110 valence electrons. The van der Waals surface area contributed by atoms with Crippen LogP contribution in [0.5, 0.6) is 5.75 Å². The molecule has 3 N–H and O–H groups in total. The molecule has 0 radical (unpaired) electrons. The highest BCUT2D eigenvalue weighted by Gasteiger charge is 2.06. The van der Waals surface area contributed by atoms with Gasteiger partial charge in [-0.15, -0.1) is 0 Å². The van der Waals surface area contributed by atoms with Gasteiger partial charge in [-0.3, -0.25) is 4.79 Å². The highest BCUT2D eigenvalue weighted by atomic mass is 16.5. The highest BCUT2D eigenvalue weighted by Crippen LogP contribution is 2.16. The summed E-state index contributed by atoms with van der Waals surface area (Å²) in [6, 6.07) is 15.4. The second kappa shape index (κ2) is 7.45. The van der Waals surface area contributed by atoms with E-state index in [0.717, 1.165) is 16.7 Å². The minimum Gasteiger partial charge on any atom is -0.483 e. The minimum atomic E-state index is -0.148. The Labute approximate surface area is 124 Å². The predicted molar refractivity (Wildman–Crippen MR) is 82.9 cm³/mol. The van der Waals surface area contributed by atoms with Crippen LogP contribution in [0.4, 0.5) is 0 Å². The summed E-state index contributed by atoms with van der Waals surface area (Å²) in [6.07, 6.45) is 0. The lowest BCUT2D eigenvalue weighted by molar-refractivity contribution is -0.123. The Morgan fingerprint density at radius 1 is 1.10 bits per heavy atom. The Hall–Kier alpha value is -2.33. The van der Waals surface area contributed by atoms with Crippen molar-refractivity contribution in [2.45, 2.75) is 20.0 Å². The smallest absolute Gasteiger partial charge is 0.258 e. The van der Waals surface area contributed by atoms with E-state index in [0.29, 0.717) is 18.8 Å². The fourth-order valence-corrected chi connectivity index (χ4v) is 2.01. The molecule has 0 aliphatic rings. The fraction of sp³-hybridized carbons (Fsp3) is 0.235. The molecule has 2 aromatic carbocycles. The number of nitrogens with one attached hydrogen (secondary N) is 1. The van der Waals surface area contributed by atoms with Gasteiger partial charge in [0.1, 0.15) is 5.75 Å². The maximum atomic E-state index is 11.8. The lowest BCUT2D eigenvalue weighted by atomic mass is 10.1. The molecule has 0 atom stereocenters. The Balaban J connectivity index is 1.84. The molecule has 0 aliphatic heterocycles. The number of amides is 1. The molecule has 2 rings (SSSR count). The zero-order valence-electron chi connectivity index (χ0n) is 12.1. The van der Waals surface area contributed by atoms with Crippen molar-refractivity contribution >= 4 is 5.91 Å². The SMILES string of the molecule is Cc1ccccc1CNC(=O)COc1ccccc1CN. The number of nitrogens with two attached hydrogens (primary N) is 1. The predicted octanol–water partition coefficient (Wildman–Crippen LogP) is 2.15. The van der Waals surface area contributed by atoms with Gasteiger partial charge >= 0.3 is 0 Å². The van der Waals surface area contributed by atoms with Crippen molar-refractivity contribution in [3.63, 3.8) is 0 Å². The Bertz CT molecular complexity index is 611. The first kappa shape index (κ1) is 15.1. The zero-order valence-corrected chi connectivity index (χ0v) is 12.1. The van der Waals surface area contributed by atoms with Gasteiger partial charge < -0.3 is 15.8 Å². The third kappa shape index (κ3) is 4.33. The number of carbonyl (C=O) groups is 1. The summed E-state index contributed by atoms with van der Waals surface area (Å²) in [4.78, 5) is 11.8. The van der Waals surface area contributed by atoms with E-state index in [1.807, 2.05) is 55.5 Å². The van der Waals surface area contributed by atoms with Gasteiger partial charge in [-0.05, 0) is 24.1 Å². The molecule has 0 saturated carbocycles. The average Bonchev–Trinajstić information content (AvgIpc) is 2.52. The van der Waals surface area contributed by atoms with Crippen LogP contribution >= 0.6 is 0 Å². The van der Waals surface area contributed by atoms with Crippen molar-refractivity contribution in [2.75, 3.05) is 6.61 Å². The molecule has 0 fully saturated rings. The van der Waals surface area contributed by atoms with Crippen molar-refractivity contribution < 1.29 is 9.53 Å². The number of para-hydroxylation sites is 1. The number of hydrogen-bond acceptors (Lipinski definition) is 3. The van der Waals surface area contributed by atoms with E-state index in [9.17, 15) is 4.79 Å². The van der Waals surface area contributed by atoms with E-state index in [-0.39, 0.29) is 12.5 Å². The number of ether oxygens (including phenoxy) is 1. The Morgan fingerprint density at radius 3 is 2.48 bits per heavy atom. The van der Waals surface area contributed by atoms with E-state index in [1.165, 1.54) is 0 Å². The molecular weight excluding hydrogens is 264 g/mol. The molecule has 0 aliphatic carbocycles. The van der Waals surface area contributed by atoms with E-state index in [1.54, 1.807) is 0 Å². The standard InChI is InChI=1S/C17H20N2O2/c1-13-6-2-3-8-15(13)11-19-17(20)12-21-16-9-5-4-7-14(16)10-18/h2-9H,10-12,18H2,1H3,(H,19,20). The second-order valence-electron chi connectivity index (χ2n) is 4.80. The van der Waals surface area contributed by atoms with Crippen molar-refractivity contribution in [3.05, 3.63) is 65.2 Å². The van der Waals surface area contributed by atoms with E-state index in [2.05, 4.69) is 5.32 Å². The molecule has 0 bridgehead atoms. The van der Waals surface area contributed by atoms with Gasteiger partial charge in [-0.1, -0.05) is 42.5 Å². The number of hydrogen-bond donors (Lipinski definition) is 2. The van der Waals surface area contributed by atoms with Crippen LogP contribution in [0.1, 0.15) is 16.7 Å². The molecule has 21 heavy (non-hydrogen) atoms. The van der Waals surface area contributed by atoms with Crippen molar-refractivity contribution in [3.8, 4) is 5.75 Å². The first-order chi connectivity index (χ1) is 10.2. The summed E-state index contributed by atoms with van der Waals surface area (Å²) in [5, 5.41) is 2.85. The first-order valence-corrected chi connectivity index (χ1v) is 6.92. The van der Waals surface area contributed by atoms with Crippen LogP contribution in [-0.4, -0.2) is 12.5 Å². The lowest BCUT2D eigenvalue weighted by Gasteiger charge is -2.11. The first-order valence-electron chi connectivity index (χ1n) is 6.92. The fourth-order valence-electron chi connectivity index (χ4n) is 2.01. The number of rotatable bonds is 6. The number of carbonyl (C=O) groups excluding carboxylic acids is 1. The maximum Gasteiger partial charge on any atom is 0.258 e. The van der Waals surface area contributed by atoms with Crippen molar-refractivity contribution in [1.29, 1.82) is 0 Å². The normalized spacial score (nSPS) is 10.2. The van der Waals surface area contributed by atoms with Crippen molar-refractivity contribution in [1.82, 2.24) is 5.32 Å². The summed E-state index contributed by atoms with van der Waals surface area (Å²) in [6.45, 7) is 2.91. The molecule has 4 nitrogen and oxygen atoms in total. The molecule has 1 amide bonds. The van der Waals surface area contributed by atoms with Gasteiger partial charge in [-0.2, -0.15) is 0 Å². The monoisotopic (exact) mass is 284 g/mol. The summed E-state index contributed by atoms with van der Waals surface area (Å²) in [5.41, 5.74) is 8.78. The van der Waals surface area contributed by atoms with Crippen molar-refractivity contribution in [2.24, 2.45) is 5.73 Å². The van der Waals surface area contributed by atoms with Crippen LogP contribution in [0, 0.1) is 6.92 Å². The van der Waals surface area contributed by atoms with Gasteiger partial charge in [0, 0.05) is 18.7 Å². The number of aryl methyl sites for hydroxylation is 1. The van der Waals surface area contributed by atoms with Gasteiger partial charge in [0.15, 0.2) is 6.61 Å². The summed E-state index contributed by atoms with van der Waals surface area (Å²) in [5.74, 6) is 0.510. The average molecular weight is 284 g/mol. The Morgan fingerprint density at radius 2 is 1.76 bits per heavy atom. The number of benzene rings is 2. The molecule has 0 aromatic heterocycles. The summed E-state index contributed by atoms with van der Waals surface area (Å²) >= 11 is 0. The van der Waals surface area contributed by atoms with Crippen LogP contribution in [0.3, 0.4) is 0 Å². The highest BCUT2D eigenvalue weighted by molar-refractivity contribution is 5.77. The molecular formula is C17H20N2O2. The third-order valence-electron chi connectivity index (χ3n) is 3.29. The third-order valence-corrected chi connectivity index (χ3v) is 3.29. The maximum absolute atomic E-state index is 11.8. The second-order valence-corrected chi connectivity index (χ2v) is 4.80. The summed E-state index contributed by atoms with van der Waals surface area (Å²) < 4.78 is 5.52. The van der Waals surface area contributed by atoms with Gasteiger partial charge in [0.25, 0.3) is 5.91 Å². The molecule has 0 heterocycles. The molecule has 0 spiro atoms. The zero-order chi connectivity index (χ0) is 15.1. The van der Waals surface area contributed by atoms with Gasteiger partial charge in [0.2, 0.25) is 0 Å². The van der Waals surface area contributed by atoms with Crippen LogP contribution in [0.15, 0.2) is 48.5 Å². The van der Waals surface area contributed by atoms with Gasteiger partial charge in [-0.25, -0.2) is 0 Å². The topological polar surface area (TPSA) is 64.3 Å². The van der Waals surface area contributed by atoms with Crippen LogP contribution < -0.4 is 15.8 Å². The van der Waals surface area contributed by atoms with E-state index >= 15 is 0 Å². The van der Waals surface area contributed by atoms with Crippen LogP contribution in [0.2, 0.25) is 0 Å². The Kier molecular flexibility index (Phi) is 5.35. The molecule has 0 unspecified atom stereocenters. The molecule has 0 saturated heterocycles. The summed E-state index contributed by atoms with van der Waals surface area (Å²) in [7, 11) is 0. The van der Waals surface area contributed by atoms with E-state index in [4.69, 9.17) is 10.5 Å². The van der Waals surface area contributed by atoms with Gasteiger partial charge in [0.05, 0.1) is 0 Å². The molecule has 4 heteroatoms.